The van der Waals surface area contributed by atoms with E-state index in [0.717, 1.165) is 0 Å². The first-order valence-electron chi connectivity index (χ1n) is 9.26. The molecule has 0 amide bonds. The predicted octanol–water partition coefficient (Wildman–Crippen LogP) is 2.63. The fourth-order valence-corrected chi connectivity index (χ4v) is 6.18. The second-order valence-electron chi connectivity index (χ2n) is 7.85. The van der Waals surface area contributed by atoms with E-state index in [2.05, 4.69) is 48.5 Å². The molecule has 2 saturated heterocycles. The van der Waals surface area contributed by atoms with Gasteiger partial charge in [-0.3, -0.25) is 4.79 Å². The highest BCUT2D eigenvalue weighted by Crippen LogP contribution is 2.64. The first kappa shape index (κ1) is 15.1. The molecule has 0 spiro atoms. The van der Waals surface area contributed by atoms with Crippen molar-refractivity contribution in [1.82, 2.24) is 0 Å². The van der Waals surface area contributed by atoms with E-state index in [4.69, 9.17) is 14.2 Å². The van der Waals surface area contributed by atoms with E-state index in [1.165, 1.54) is 22.3 Å². The van der Waals surface area contributed by atoms with E-state index in [1.54, 1.807) is 7.11 Å². The van der Waals surface area contributed by atoms with Gasteiger partial charge < -0.3 is 14.2 Å². The molecule has 3 aliphatic carbocycles. The lowest BCUT2D eigenvalue weighted by atomic mass is 9.45. The zero-order valence-electron chi connectivity index (χ0n) is 14.6. The van der Waals surface area contributed by atoms with Crippen molar-refractivity contribution in [2.45, 2.75) is 23.7 Å². The van der Waals surface area contributed by atoms with E-state index in [9.17, 15) is 4.79 Å². The fourth-order valence-electron chi connectivity index (χ4n) is 6.18. The second-order valence-corrected chi connectivity index (χ2v) is 7.85. The lowest BCUT2D eigenvalue weighted by Gasteiger charge is -2.59. The molecule has 7 rings (SSSR count). The van der Waals surface area contributed by atoms with Crippen molar-refractivity contribution in [1.29, 1.82) is 0 Å². The van der Waals surface area contributed by atoms with Crippen molar-refractivity contribution in [2.75, 3.05) is 20.3 Å². The summed E-state index contributed by atoms with van der Waals surface area (Å²) in [4.78, 5) is 13.4. The van der Waals surface area contributed by atoms with Gasteiger partial charge in [-0.1, -0.05) is 48.5 Å². The van der Waals surface area contributed by atoms with Crippen molar-refractivity contribution >= 4 is 5.78 Å². The molecule has 132 valence electrons. The summed E-state index contributed by atoms with van der Waals surface area (Å²) in [5.74, 6) is 0.183. The van der Waals surface area contributed by atoms with Gasteiger partial charge in [0.25, 0.3) is 0 Å². The summed E-state index contributed by atoms with van der Waals surface area (Å²) in [6.07, 6.45) is -0.751. The third-order valence-electron chi connectivity index (χ3n) is 6.90. The molecule has 4 bridgehead atoms. The molecule has 2 aliphatic heterocycles. The number of benzene rings is 2. The predicted molar refractivity (Wildman–Crippen MR) is 94.0 cm³/mol. The Balaban J connectivity index is 1.73. The minimum Gasteiger partial charge on any atom is -0.383 e. The summed E-state index contributed by atoms with van der Waals surface area (Å²) in [6, 6.07) is 17.1. The number of carbonyl (C=O) groups is 1. The van der Waals surface area contributed by atoms with E-state index in [1.807, 2.05) is 0 Å². The van der Waals surface area contributed by atoms with Crippen LogP contribution >= 0.6 is 0 Å². The number of ketones is 1. The monoisotopic (exact) mass is 348 g/mol. The second kappa shape index (κ2) is 5.03. The molecule has 0 saturated carbocycles. The summed E-state index contributed by atoms with van der Waals surface area (Å²) in [5.41, 5.74) is 4.63. The Morgan fingerprint density at radius 2 is 1.73 bits per heavy atom. The van der Waals surface area contributed by atoms with Crippen LogP contribution in [-0.4, -0.2) is 38.5 Å². The standard InChI is InChI=1S/C22H20O4/c1-24-11-22-14-8-4-2-6-12(14)17(13-7-3-5-9-15(13)22)18-16-10-25-21(26-16)20(23)19(18)22/h2-9,16-19,21H,10-11H2,1H3/t16?,17?,18-,19+,21?,22?/m0/s1. The molecular formula is C22H20O4. The maximum absolute atomic E-state index is 13.4. The first-order chi connectivity index (χ1) is 12.8. The van der Waals surface area contributed by atoms with E-state index >= 15 is 0 Å². The average Bonchev–Trinajstić information content (AvgIpc) is 3.12. The van der Waals surface area contributed by atoms with Crippen molar-refractivity contribution < 1.29 is 19.0 Å². The molecular weight excluding hydrogens is 328 g/mol. The summed E-state index contributed by atoms with van der Waals surface area (Å²) in [7, 11) is 1.73. The molecule has 4 heteroatoms. The topological polar surface area (TPSA) is 44.8 Å². The number of fused-ring (bicyclic) bond motifs is 2. The van der Waals surface area contributed by atoms with Gasteiger partial charge >= 0.3 is 0 Å². The van der Waals surface area contributed by atoms with Crippen molar-refractivity contribution in [3.05, 3.63) is 70.8 Å². The van der Waals surface area contributed by atoms with Crippen molar-refractivity contribution in [3.63, 3.8) is 0 Å². The van der Waals surface area contributed by atoms with E-state index in [0.29, 0.717) is 13.2 Å². The van der Waals surface area contributed by atoms with Crippen LogP contribution in [0.4, 0.5) is 0 Å². The molecule has 5 aliphatic rings. The zero-order valence-corrected chi connectivity index (χ0v) is 14.6. The quantitative estimate of drug-likeness (QED) is 0.837. The van der Waals surface area contributed by atoms with Gasteiger partial charge in [-0.25, -0.2) is 0 Å². The van der Waals surface area contributed by atoms with Gasteiger partial charge in [0.15, 0.2) is 5.78 Å². The lowest BCUT2D eigenvalue weighted by molar-refractivity contribution is -0.174. The van der Waals surface area contributed by atoms with Crippen LogP contribution in [0, 0.1) is 11.8 Å². The van der Waals surface area contributed by atoms with Crippen LogP contribution < -0.4 is 0 Å². The van der Waals surface area contributed by atoms with Gasteiger partial charge in [0, 0.05) is 24.9 Å². The molecule has 2 unspecified atom stereocenters. The summed E-state index contributed by atoms with van der Waals surface area (Å²) in [6.45, 7) is 0.988. The smallest absolute Gasteiger partial charge is 0.218 e. The number of rotatable bonds is 2. The molecule has 26 heavy (non-hydrogen) atoms. The number of hydrogen-bond acceptors (Lipinski definition) is 4. The molecule has 4 nitrogen and oxygen atoms in total. The molecule has 0 aromatic heterocycles. The Morgan fingerprint density at radius 1 is 1.08 bits per heavy atom. The molecule has 4 atom stereocenters. The van der Waals surface area contributed by atoms with Crippen LogP contribution in [0.1, 0.15) is 28.2 Å². The minimum atomic E-state index is -0.714. The number of ether oxygens (including phenoxy) is 3. The largest absolute Gasteiger partial charge is 0.383 e. The number of carbonyl (C=O) groups excluding carboxylic acids is 1. The van der Waals surface area contributed by atoms with Crippen LogP contribution in [0.15, 0.2) is 48.5 Å². The van der Waals surface area contributed by atoms with Crippen LogP contribution in [0.25, 0.3) is 0 Å². The summed E-state index contributed by atoms with van der Waals surface area (Å²) in [5, 5.41) is 0. The molecule has 2 aromatic rings. The van der Waals surface area contributed by atoms with Gasteiger partial charge in [0.05, 0.1) is 24.7 Å². The van der Waals surface area contributed by atoms with Gasteiger partial charge in [-0.05, 0) is 22.3 Å². The van der Waals surface area contributed by atoms with Gasteiger partial charge in [-0.15, -0.1) is 0 Å². The van der Waals surface area contributed by atoms with Gasteiger partial charge in [0.1, 0.15) is 0 Å². The molecule has 0 radical (unpaired) electrons. The van der Waals surface area contributed by atoms with Crippen molar-refractivity contribution in [3.8, 4) is 0 Å². The highest BCUT2D eigenvalue weighted by Gasteiger charge is 2.67. The Bertz CT molecular complexity index is 872. The van der Waals surface area contributed by atoms with E-state index < -0.39 is 11.7 Å². The maximum atomic E-state index is 13.4. The minimum absolute atomic E-state index is 0.0364. The number of Topliss-reactive ketones (excluding diaryl/α,β-unsaturated/α-hetero) is 1. The Hall–Kier alpha value is -2.01. The third kappa shape index (κ3) is 1.55. The van der Waals surface area contributed by atoms with Crippen LogP contribution in [0.5, 0.6) is 0 Å². The highest BCUT2D eigenvalue weighted by atomic mass is 16.7. The molecule has 2 fully saturated rings. The maximum Gasteiger partial charge on any atom is 0.218 e. The average molecular weight is 348 g/mol. The number of methoxy groups -OCH3 is 1. The third-order valence-corrected chi connectivity index (χ3v) is 6.90. The molecule has 2 heterocycles. The highest BCUT2D eigenvalue weighted by molar-refractivity contribution is 5.90. The fraction of sp³-hybridized carbons (Fsp3) is 0.409. The Kier molecular flexibility index (Phi) is 2.92. The first-order valence-corrected chi connectivity index (χ1v) is 9.26. The van der Waals surface area contributed by atoms with Gasteiger partial charge in [0.2, 0.25) is 6.29 Å². The van der Waals surface area contributed by atoms with Gasteiger partial charge in [-0.2, -0.15) is 0 Å². The summed E-state index contributed by atoms with van der Waals surface area (Å²) >= 11 is 0. The molecule has 2 aromatic carbocycles. The Morgan fingerprint density at radius 3 is 2.38 bits per heavy atom. The lowest BCUT2D eigenvalue weighted by Crippen LogP contribution is -2.63. The van der Waals surface area contributed by atoms with Crippen LogP contribution in [0.2, 0.25) is 0 Å². The number of hydrogen-bond donors (Lipinski definition) is 0. The zero-order chi connectivity index (χ0) is 17.5. The van der Waals surface area contributed by atoms with Crippen LogP contribution in [0.3, 0.4) is 0 Å². The Labute approximate surface area is 152 Å². The summed E-state index contributed by atoms with van der Waals surface area (Å²) < 4.78 is 17.5. The van der Waals surface area contributed by atoms with E-state index in [-0.39, 0.29) is 29.6 Å². The SMILES string of the molecule is COCC12c3ccccc3C(c3ccccc31)[C@@H]1C3COC(O3)C(=O)[C@@H]12. The molecule has 0 N–H and O–H groups in total. The van der Waals surface area contributed by atoms with Crippen molar-refractivity contribution in [2.24, 2.45) is 11.8 Å². The normalized spacial score (nSPS) is 38.7. The van der Waals surface area contributed by atoms with Crippen LogP contribution in [-0.2, 0) is 24.4 Å².